The quantitative estimate of drug-likeness (QED) is 0.855. The first-order valence-corrected chi connectivity index (χ1v) is 7.68. The maximum atomic E-state index is 9.17. The lowest BCUT2D eigenvalue weighted by atomic mass is 9.94. The van der Waals surface area contributed by atoms with Gasteiger partial charge in [-0.1, -0.05) is 18.2 Å². The van der Waals surface area contributed by atoms with Gasteiger partial charge in [0.15, 0.2) is 0 Å². The molecule has 1 aliphatic rings. The first kappa shape index (κ1) is 15.5. The summed E-state index contributed by atoms with van der Waals surface area (Å²) in [5.41, 5.74) is 4.00. The fourth-order valence-electron chi connectivity index (χ4n) is 2.93. The number of methoxy groups -OCH3 is 1. The molecule has 4 nitrogen and oxygen atoms in total. The molecule has 1 heterocycles. The van der Waals surface area contributed by atoms with Gasteiger partial charge < -0.3 is 9.47 Å². The molecule has 0 saturated heterocycles. The lowest BCUT2D eigenvalue weighted by Crippen LogP contribution is -2.28. The van der Waals surface area contributed by atoms with Crippen molar-refractivity contribution < 1.29 is 9.47 Å². The predicted molar refractivity (Wildman–Crippen MR) is 88.3 cm³/mol. The number of benzene rings is 2. The summed E-state index contributed by atoms with van der Waals surface area (Å²) >= 11 is 0. The molecule has 2 aromatic rings. The Kier molecular flexibility index (Phi) is 4.61. The first-order chi connectivity index (χ1) is 11.2. The van der Waals surface area contributed by atoms with E-state index in [9.17, 15) is 5.26 Å². The van der Waals surface area contributed by atoms with Gasteiger partial charge in [-0.05, 0) is 48.0 Å². The van der Waals surface area contributed by atoms with Gasteiger partial charge in [0, 0.05) is 13.1 Å². The number of ether oxygens (including phenoxy) is 2. The van der Waals surface area contributed by atoms with Crippen LogP contribution < -0.4 is 4.74 Å². The summed E-state index contributed by atoms with van der Waals surface area (Å²) < 4.78 is 11.5. The molecule has 0 aromatic heterocycles. The van der Waals surface area contributed by atoms with Crippen LogP contribution in [0.2, 0.25) is 0 Å². The van der Waals surface area contributed by atoms with Crippen molar-refractivity contribution in [3.63, 3.8) is 0 Å². The van der Waals surface area contributed by atoms with Gasteiger partial charge in [0.25, 0.3) is 0 Å². The number of likely N-dealkylation sites (N-methyl/N-ethyl adjacent to an activating group) is 1. The van der Waals surface area contributed by atoms with Gasteiger partial charge in [0.2, 0.25) is 0 Å². The Labute approximate surface area is 136 Å². The number of nitrogens with zero attached hydrogens (tertiary/aromatic N) is 2. The highest BCUT2D eigenvalue weighted by atomic mass is 16.5. The molecule has 0 radical (unpaired) electrons. The molecule has 0 fully saturated rings. The number of hydrogen-bond acceptors (Lipinski definition) is 4. The van der Waals surface area contributed by atoms with E-state index in [1.165, 1.54) is 0 Å². The van der Waals surface area contributed by atoms with Gasteiger partial charge in [-0.2, -0.15) is 5.26 Å². The van der Waals surface area contributed by atoms with E-state index in [2.05, 4.69) is 24.1 Å². The summed E-state index contributed by atoms with van der Waals surface area (Å²) in [5, 5.41) is 9.17. The topological polar surface area (TPSA) is 45.5 Å². The molecule has 0 N–H and O–H groups in total. The number of fused-ring (bicyclic) bond motifs is 1. The minimum Gasteiger partial charge on any atom is -0.497 e. The maximum absolute atomic E-state index is 9.17. The summed E-state index contributed by atoms with van der Waals surface area (Å²) in [6.45, 7) is 2.34. The van der Waals surface area contributed by atoms with Crippen LogP contribution in [0.1, 0.15) is 28.4 Å². The van der Waals surface area contributed by atoms with Gasteiger partial charge >= 0.3 is 0 Å². The zero-order valence-electron chi connectivity index (χ0n) is 13.5. The molecule has 0 amide bonds. The third-order valence-corrected chi connectivity index (χ3v) is 4.15. The van der Waals surface area contributed by atoms with Gasteiger partial charge in [0.05, 0.1) is 25.3 Å². The van der Waals surface area contributed by atoms with Crippen LogP contribution in [-0.2, 0) is 11.3 Å². The predicted octanol–water partition coefficient (Wildman–Crippen LogP) is 3.12. The lowest BCUT2D eigenvalue weighted by Gasteiger charge is -2.28. The number of hydrogen-bond donors (Lipinski definition) is 0. The van der Waals surface area contributed by atoms with Crippen molar-refractivity contribution in [2.75, 3.05) is 27.3 Å². The molecule has 3 rings (SSSR count). The average Bonchev–Trinajstić information content (AvgIpc) is 2.57. The molecule has 1 atom stereocenters. The molecule has 23 heavy (non-hydrogen) atoms. The van der Waals surface area contributed by atoms with E-state index in [-0.39, 0.29) is 6.10 Å². The summed E-state index contributed by atoms with van der Waals surface area (Å²) in [4.78, 5) is 2.21. The van der Waals surface area contributed by atoms with E-state index in [0.717, 1.165) is 35.5 Å². The van der Waals surface area contributed by atoms with Crippen molar-refractivity contribution in [1.29, 1.82) is 5.26 Å². The van der Waals surface area contributed by atoms with Crippen molar-refractivity contribution in [3.8, 4) is 11.8 Å². The Bertz CT molecular complexity index is 736. The van der Waals surface area contributed by atoms with Crippen molar-refractivity contribution in [2.24, 2.45) is 0 Å². The zero-order chi connectivity index (χ0) is 16.2. The highest BCUT2D eigenvalue weighted by Crippen LogP contribution is 2.32. The Morgan fingerprint density at radius 3 is 2.91 bits per heavy atom. The average molecular weight is 308 g/mol. The zero-order valence-corrected chi connectivity index (χ0v) is 13.5. The van der Waals surface area contributed by atoms with Gasteiger partial charge in [-0.15, -0.1) is 0 Å². The summed E-state index contributed by atoms with van der Waals surface area (Å²) in [6.07, 6.45) is -0.137. The Balaban J connectivity index is 2.07. The van der Waals surface area contributed by atoms with E-state index in [1.54, 1.807) is 7.11 Å². The van der Waals surface area contributed by atoms with Crippen LogP contribution in [0.25, 0.3) is 0 Å². The molecule has 0 bridgehead atoms. The van der Waals surface area contributed by atoms with Crippen LogP contribution in [-0.4, -0.2) is 32.2 Å². The van der Waals surface area contributed by atoms with E-state index >= 15 is 0 Å². The molecule has 2 aromatic carbocycles. The lowest BCUT2D eigenvalue weighted by molar-refractivity contribution is 0.0553. The number of rotatable bonds is 2. The summed E-state index contributed by atoms with van der Waals surface area (Å²) in [7, 11) is 3.73. The fourth-order valence-corrected chi connectivity index (χ4v) is 2.93. The Morgan fingerprint density at radius 2 is 2.13 bits per heavy atom. The van der Waals surface area contributed by atoms with Gasteiger partial charge in [-0.25, -0.2) is 0 Å². The van der Waals surface area contributed by atoms with E-state index < -0.39 is 0 Å². The summed E-state index contributed by atoms with van der Waals surface area (Å²) in [6, 6.07) is 16.0. The van der Waals surface area contributed by atoms with Crippen molar-refractivity contribution in [2.45, 2.75) is 12.6 Å². The maximum Gasteiger partial charge on any atom is 0.119 e. The number of nitriles is 1. The highest BCUT2D eigenvalue weighted by Gasteiger charge is 2.22. The largest absolute Gasteiger partial charge is 0.497 e. The van der Waals surface area contributed by atoms with E-state index in [0.29, 0.717) is 12.2 Å². The smallest absolute Gasteiger partial charge is 0.119 e. The van der Waals surface area contributed by atoms with Crippen molar-refractivity contribution in [3.05, 3.63) is 64.7 Å². The normalized spacial score (nSPS) is 18.4. The minimum absolute atomic E-state index is 0.137. The van der Waals surface area contributed by atoms with Crippen LogP contribution in [0, 0.1) is 11.3 Å². The highest BCUT2D eigenvalue weighted by molar-refractivity contribution is 5.44. The van der Waals surface area contributed by atoms with Crippen LogP contribution in [0.3, 0.4) is 0 Å². The fraction of sp³-hybridized carbons (Fsp3) is 0.316. The monoisotopic (exact) mass is 308 g/mol. The molecule has 1 aliphatic heterocycles. The Hall–Kier alpha value is -2.35. The van der Waals surface area contributed by atoms with Gasteiger partial charge in [-0.3, -0.25) is 4.90 Å². The molecule has 118 valence electrons. The first-order valence-electron chi connectivity index (χ1n) is 7.68. The van der Waals surface area contributed by atoms with E-state index in [4.69, 9.17) is 9.47 Å². The molecular formula is C19H20N2O2. The Morgan fingerprint density at radius 1 is 1.26 bits per heavy atom. The molecule has 0 spiro atoms. The second-order valence-electron chi connectivity index (χ2n) is 5.79. The molecular weight excluding hydrogens is 288 g/mol. The second-order valence-corrected chi connectivity index (χ2v) is 5.79. The van der Waals surface area contributed by atoms with Crippen LogP contribution in [0.4, 0.5) is 0 Å². The van der Waals surface area contributed by atoms with Crippen LogP contribution in [0.5, 0.6) is 5.75 Å². The van der Waals surface area contributed by atoms with E-state index in [1.807, 2.05) is 36.4 Å². The van der Waals surface area contributed by atoms with Crippen LogP contribution in [0.15, 0.2) is 42.5 Å². The van der Waals surface area contributed by atoms with Crippen molar-refractivity contribution in [1.82, 2.24) is 4.90 Å². The van der Waals surface area contributed by atoms with Crippen molar-refractivity contribution >= 4 is 0 Å². The molecule has 1 unspecified atom stereocenters. The third-order valence-electron chi connectivity index (χ3n) is 4.15. The van der Waals surface area contributed by atoms with Crippen LogP contribution >= 0.6 is 0 Å². The summed E-state index contributed by atoms with van der Waals surface area (Å²) in [5.74, 6) is 0.820. The third kappa shape index (κ3) is 3.37. The second kappa shape index (κ2) is 6.82. The SMILES string of the molecule is COc1cccc(C2OCCN(C)Cc3cc(C#N)ccc32)c1. The van der Waals surface area contributed by atoms with Gasteiger partial charge in [0.1, 0.15) is 11.9 Å². The minimum atomic E-state index is -0.137. The molecule has 0 aliphatic carbocycles. The molecule has 4 heteroatoms. The molecule has 0 saturated carbocycles. The standard InChI is InChI=1S/C19H20N2O2/c1-21-8-9-23-19(15-4-3-5-17(11-15)22-2)18-7-6-14(12-20)10-16(18)13-21/h3-7,10-11,19H,8-9,13H2,1-2H3.